The van der Waals surface area contributed by atoms with Gasteiger partial charge in [0.15, 0.2) is 0 Å². The molecule has 0 spiro atoms. The van der Waals surface area contributed by atoms with Crippen LogP contribution in [0.25, 0.3) is 0 Å². The summed E-state index contributed by atoms with van der Waals surface area (Å²) in [6, 6.07) is 4.35. The van der Waals surface area contributed by atoms with Gasteiger partial charge in [0, 0.05) is 13.1 Å². The van der Waals surface area contributed by atoms with E-state index in [4.69, 9.17) is 4.74 Å². The topological polar surface area (TPSA) is 58.6 Å². The molecule has 1 fully saturated rings. The van der Waals surface area contributed by atoms with Gasteiger partial charge in [0.05, 0.1) is 18.6 Å². The number of amides is 2. The molecule has 1 aliphatic heterocycles. The van der Waals surface area contributed by atoms with Crippen LogP contribution in [0.2, 0.25) is 0 Å². The molecule has 2 aliphatic rings. The van der Waals surface area contributed by atoms with Crippen molar-refractivity contribution >= 4 is 12.0 Å². The lowest BCUT2D eigenvalue weighted by Gasteiger charge is -2.24. The molecule has 2 amide bonds. The molecule has 124 valence electrons. The van der Waals surface area contributed by atoms with Crippen molar-refractivity contribution in [1.82, 2.24) is 10.2 Å². The maximum atomic E-state index is 13.4. The summed E-state index contributed by atoms with van der Waals surface area (Å²) in [6.45, 7) is 2.67. The predicted octanol–water partition coefficient (Wildman–Crippen LogP) is 2.41. The lowest BCUT2D eigenvalue weighted by atomic mass is 9.90. The van der Waals surface area contributed by atoms with Crippen LogP contribution in [0.1, 0.15) is 36.9 Å². The normalized spacial score (nSPS) is 26.0. The second-order valence-electron chi connectivity index (χ2n) is 6.61. The number of likely N-dealkylation sites (tertiary alicyclic amines) is 1. The van der Waals surface area contributed by atoms with Gasteiger partial charge in [-0.1, -0.05) is 6.07 Å². The van der Waals surface area contributed by atoms with Crippen LogP contribution >= 0.6 is 0 Å². The predicted molar refractivity (Wildman–Crippen MR) is 82.3 cm³/mol. The summed E-state index contributed by atoms with van der Waals surface area (Å²) in [5, 5.41) is 2.97. The van der Waals surface area contributed by atoms with Crippen LogP contribution in [0.4, 0.5) is 9.18 Å². The minimum Gasteiger partial charge on any atom is -0.469 e. The highest BCUT2D eigenvalue weighted by molar-refractivity contribution is 5.80. The van der Waals surface area contributed by atoms with Crippen LogP contribution in [0.3, 0.4) is 0 Å². The van der Waals surface area contributed by atoms with Crippen molar-refractivity contribution in [2.75, 3.05) is 20.2 Å². The Kier molecular flexibility index (Phi) is 4.00. The van der Waals surface area contributed by atoms with Crippen LogP contribution in [0.5, 0.6) is 0 Å². The van der Waals surface area contributed by atoms with Crippen molar-refractivity contribution < 1.29 is 18.7 Å². The molecule has 0 aromatic heterocycles. The van der Waals surface area contributed by atoms with Gasteiger partial charge in [0.2, 0.25) is 0 Å². The highest BCUT2D eigenvalue weighted by atomic mass is 19.1. The number of hydrogen-bond donors (Lipinski definition) is 1. The van der Waals surface area contributed by atoms with Crippen molar-refractivity contribution in [3.8, 4) is 0 Å². The van der Waals surface area contributed by atoms with E-state index in [9.17, 15) is 14.0 Å². The number of nitrogens with one attached hydrogen (secondary N) is 1. The Bertz CT molecular complexity index is 649. The Labute approximate surface area is 134 Å². The number of fused-ring (bicyclic) bond motifs is 1. The van der Waals surface area contributed by atoms with E-state index >= 15 is 0 Å². The number of halogens is 1. The summed E-state index contributed by atoms with van der Waals surface area (Å²) in [5.41, 5.74) is 1.29. The molecule has 3 rings (SSSR count). The van der Waals surface area contributed by atoms with Crippen molar-refractivity contribution in [2.45, 2.75) is 32.2 Å². The Hall–Kier alpha value is -2.11. The number of carbonyl (C=O) groups is 2. The van der Waals surface area contributed by atoms with E-state index in [1.54, 1.807) is 11.0 Å². The molecule has 0 saturated carbocycles. The van der Waals surface area contributed by atoms with Crippen molar-refractivity contribution in [3.63, 3.8) is 0 Å². The van der Waals surface area contributed by atoms with Gasteiger partial charge in [-0.25, -0.2) is 9.18 Å². The number of rotatable bonds is 2. The molecule has 1 aromatic rings. The fourth-order valence-corrected chi connectivity index (χ4v) is 3.51. The highest BCUT2D eigenvalue weighted by Crippen LogP contribution is 2.34. The molecule has 6 heteroatoms. The average Bonchev–Trinajstić information content (AvgIpc) is 3.11. The Morgan fingerprint density at radius 2 is 2.22 bits per heavy atom. The smallest absolute Gasteiger partial charge is 0.317 e. The number of ether oxygens (including phenoxy) is 1. The van der Waals surface area contributed by atoms with Gasteiger partial charge in [-0.15, -0.1) is 0 Å². The van der Waals surface area contributed by atoms with E-state index in [1.165, 1.54) is 19.2 Å². The lowest BCUT2D eigenvalue weighted by molar-refractivity contribution is -0.150. The summed E-state index contributed by atoms with van der Waals surface area (Å²) >= 11 is 0. The molecule has 1 N–H and O–H groups in total. The summed E-state index contributed by atoms with van der Waals surface area (Å²) in [5.74, 6) is -0.578. The van der Waals surface area contributed by atoms with Crippen LogP contribution in [-0.2, 0) is 16.0 Å². The third kappa shape index (κ3) is 2.90. The molecule has 1 aliphatic carbocycles. The molecule has 1 heterocycles. The third-order valence-electron chi connectivity index (χ3n) is 4.92. The standard InChI is InChI=1S/C17H21FN2O3/c1-17(15(21)23-2)7-8-20(10-17)16(22)19-14-6-4-11-3-5-12(18)9-13(11)14/h3,5,9,14H,4,6-8,10H2,1-2H3,(H,19,22)/t14-,17-/m1/s1. The van der Waals surface area contributed by atoms with Gasteiger partial charge in [-0.3, -0.25) is 4.79 Å². The van der Waals surface area contributed by atoms with Crippen LogP contribution in [0, 0.1) is 11.2 Å². The second kappa shape index (κ2) is 5.83. The Balaban J connectivity index is 1.66. The van der Waals surface area contributed by atoms with Crippen molar-refractivity contribution in [3.05, 3.63) is 35.1 Å². The monoisotopic (exact) mass is 320 g/mol. The average molecular weight is 320 g/mol. The molecule has 5 nitrogen and oxygen atoms in total. The molecule has 0 radical (unpaired) electrons. The largest absolute Gasteiger partial charge is 0.469 e. The van der Waals surface area contributed by atoms with Crippen molar-refractivity contribution in [2.24, 2.45) is 5.41 Å². The number of carbonyl (C=O) groups excluding carboxylic acids is 2. The van der Waals surface area contributed by atoms with Crippen molar-refractivity contribution in [1.29, 1.82) is 0 Å². The minimum atomic E-state index is -0.647. The summed E-state index contributed by atoms with van der Waals surface area (Å²) < 4.78 is 18.2. The quantitative estimate of drug-likeness (QED) is 0.851. The third-order valence-corrected chi connectivity index (χ3v) is 4.92. The van der Waals surface area contributed by atoms with Crippen LogP contribution < -0.4 is 5.32 Å². The zero-order valence-electron chi connectivity index (χ0n) is 13.4. The van der Waals surface area contributed by atoms with Crippen LogP contribution in [0.15, 0.2) is 18.2 Å². The van der Waals surface area contributed by atoms with Gasteiger partial charge in [-0.2, -0.15) is 0 Å². The Morgan fingerprint density at radius 1 is 1.43 bits per heavy atom. The van der Waals surface area contributed by atoms with E-state index in [-0.39, 0.29) is 23.9 Å². The highest BCUT2D eigenvalue weighted by Gasteiger charge is 2.43. The molecule has 1 aromatic carbocycles. The second-order valence-corrected chi connectivity index (χ2v) is 6.61. The van der Waals surface area contributed by atoms with Gasteiger partial charge in [0.1, 0.15) is 5.82 Å². The summed E-state index contributed by atoms with van der Waals surface area (Å²) in [4.78, 5) is 25.9. The molecule has 1 saturated heterocycles. The number of esters is 1. The molecule has 0 unspecified atom stereocenters. The van der Waals surface area contributed by atoms with E-state index < -0.39 is 5.41 Å². The fraction of sp³-hybridized carbons (Fsp3) is 0.529. The number of aryl methyl sites for hydroxylation is 1. The number of methoxy groups -OCH3 is 1. The zero-order valence-corrected chi connectivity index (χ0v) is 13.4. The molecule has 23 heavy (non-hydrogen) atoms. The first kappa shape index (κ1) is 15.8. The summed E-state index contributed by atoms with van der Waals surface area (Å²) in [7, 11) is 1.36. The van der Waals surface area contributed by atoms with Gasteiger partial charge in [-0.05, 0) is 49.4 Å². The first-order valence-electron chi connectivity index (χ1n) is 7.85. The maximum absolute atomic E-state index is 13.4. The number of hydrogen-bond acceptors (Lipinski definition) is 3. The molecule has 2 atom stereocenters. The number of urea groups is 1. The first-order chi connectivity index (χ1) is 10.9. The summed E-state index contributed by atoms with van der Waals surface area (Å²) in [6.07, 6.45) is 2.19. The molecular weight excluding hydrogens is 299 g/mol. The lowest BCUT2D eigenvalue weighted by Crippen LogP contribution is -2.42. The minimum absolute atomic E-state index is 0.168. The van der Waals surface area contributed by atoms with E-state index in [1.807, 2.05) is 6.92 Å². The Morgan fingerprint density at radius 3 is 2.96 bits per heavy atom. The van der Waals surface area contributed by atoms with Crippen LogP contribution in [-0.4, -0.2) is 37.1 Å². The van der Waals surface area contributed by atoms with Gasteiger partial charge < -0.3 is 15.0 Å². The SMILES string of the molecule is COC(=O)[C@]1(C)CCN(C(=O)N[C@@H]2CCc3ccc(F)cc32)C1. The fourth-order valence-electron chi connectivity index (χ4n) is 3.51. The maximum Gasteiger partial charge on any atom is 0.317 e. The van der Waals surface area contributed by atoms with Gasteiger partial charge >= 0.3 is 12.0 Å². The zero-order chi connectivity index (χ0) is 16.6. The molecule has 0 bridgehead atoms. The number of nitrogens with zero attached hydrogens (tertiary/aromatic N) is 1. The van der Waals surface area contributed by atoms with E-state index in [0.717, 1.165) is 24.0 Å². The van der Waals surface area contributed by atoms with E-state index in [2.05, 4.69) is 5.32 Å². The number of benzene rings is 1. The van der Waals surface area contributed by atoms with Gasteiger partial charge in [0.25, 0.3) is 0 Å². The van der Waals surface area contributed by atoms with E-state index in [0.29, 0.717) is 19.5 Å². The first-order valence-corrected chi connectivity index (χ1v) is 7.85. The molecular formula is C17H21FN2O3.